The van der Waals surface area contributed by atoms with Gasteiger partial charge in [0.1, 0.15) is 0 Å². The summed E-state index contributed by atoms with van der Waals surface area (Å²) >= 11 is 6.20. The van der Waals surface area contributed by atoms with Crippen molar-refractivity contribution in [2.24, 2.45) is 11.3 Å². The van der Waals surface area contributed by atoms with Crippen LogP contribution in [0.5, 0.6) is 0 Å². The molecule has 2 aliphatic rings. The van der Waals surface area contributed by atoms with Crippen LogP contribution in [0.1, 0.15) is 53.0 Å². The van der Waals surface area contributed by atoms with E-state index in [1.807, 2.05) is 44.5 Å². The summed E-state index contributed by atoms with van der Waals surface area (Å²) in [5.41, 5.74) is 3.66. The number of nitrogens with zero attached hydrogens (tertiary/aromatic N) is 2. The van der Waals surface area contributed by atoms with E-state index in [4.69, 9.17) is 11.6 Å². The highest BCUT2D eigenvalue weighted by molar-refractivity contribution is 6.23. The highest BCUT2D eigenvalue weighted by atomic mass is 35.5. The van der Waals surface area contributed by atoms with Crippen LogP contribution >= 0.6 is 11.6 Å². The Labute approximate surface area is 211 Å². The third-order valence-electron chi connectivity index (χ3n) is 4.38. The summed E-state index contributed by atoms with van der Waals surface area (Å²) in [6.07, 6.45) is 12.9. The van der Waals surface area contributed by atoms with Crippen LogP contribution < -0.4 is 10.6 Å². The van der Waals surface area contributed by atoms with Crippen LogP contribution in [-0.4, -0.2) is 55.3 Å². The summed E-state index contributed by atoms with van der Waals surface area (Å²) in [6.45, 7) is 14.5. The number of pyridine rings is 1. The largest absolute Gasteiger partial charge is 0.351 e. The molecule has 2 N–H and O–H groups in total. The van der Waals surface area contributed by atoms with Crippen molar-refractivity contribution in [2.75, 3.05) is 27.2 Å². The molecule has 2 amide bonds. The fraction of sp³-hybridized carbons (Fsp3) is 0.519. The number of aromatic nitrogens is 1. The van der Waals surface area contributed by atoms with E-state index in [1.165, 1.54) is 10.5 Å². The van der Waals surface area contributed by atoms with Crippen LogP contribution in [0.25, 0.3) is 0 Å². The highest BCUT2D eigenvalue weighted by Crippen LogP contribution is 2.36. The molecule has 1 aromatic heterocycles. The lowest BCUT2D eigenvalue weighted by atomic mass is 9.82. The van der Waals surface area contributed by atoms with E-state index in [0.717, 1.165) is 30.8 Å². The minimum absolute atomic E-state index is 0.218. The molecule has 0 bridgehead atoms. The zero-order chi connectivity index (χ0) is 26.1. The highest BCUT2D eigenvalue weighted by Gasteiger charge is 2.32. The van der Waals surface area contributed by atoms with Crippen LogP contribution in [0.3, 0.4) is 0 Å². The summed E-state index contributed by atoms with van der Waals surface area (Å²) < 4.78 is 0. The molecule has 0 spiro atoms. The fourth-order valence-electron chi connectivity index (χ4n) is 3.15. The second-order valence-electron chi connectivity index (χ2n) is 9.51. The summed E-state index contributed by atoms with van der Waals surface area (Å²) in [4.78, 5) is 25.9. The Kier molecular flexibility index (Phi) is 15.8. The molecule has 1 aromatic rings. The summed E-state index contributed by atoms with van der Waals surface area (Å²) in [6, 6.07) is 4.11. The number of hydrogen-bond donors (Lipinski definition) is 2. The van der Waals surface area contributed by atoms with Gasteiger partial charge in [-0.1, -0.05) is 59.8 Å². The van der Waals surface area contributed by atoms with E-state index in [9.17, 15) is 9.59 Å². The number of halogens is 1. The summed E-state index contributed by atoms with van der Waals surface area (Å²) in [7, 11) is 3.38. The van der Waals surface area contributed by atoms with Crippen LogP contribution in [0.4, 0.5) is 0 Å². The molecule has 3 unspecified atom stereocenters. The number of amides is 2. The number of carbonyl (C=O) groups excluding carboxylic acids is 2. The number of allylic oxidation sites excluding steroid dienone is 5. The predicted molar refractivity (Wildman–Crippen MR) is 144 cm³/mol. The first-order chi connectivity index (χ1) is 16.1. The zero-order valence-corrected chi connectivity index (χ0v) is 22.8. The van der Waals surface area contributed by atoms with Crippen LogP contribution in [0.15, 0.2) is 60.1 Å². The Balaban J connectivity index is 0.000000761. The molecule has 6 nitrogen and oxygen atoms in total. The maximum absolute atomic E-state index is 10.9. The van der Waals surface area contributed by atoms with E-state index in [2.05, 4.69) is 61.5 Å². The Morgan fingerprint density at radius 1 is 1.09 bits per heavy atom. The van der Waals surface area contributed by atoms with Gasteiger partial charge in [0.2, 0.25) is 12.8 Å². The molecule has 0 radical (unpaired) electrons. The molecule has 7 heteroatoms. The van der Waals surface area contributed by atoms with Gasteiger partial charge in [0.25, 0.3) is 0 Å². The Hall–Kier alpha value is -2.44. The Bertz CT molecular complexity index is 793. The maximum Gasteiger partial charge on any atom is 0.211 e. The van der Waals surface area contributed by atoms with E-state index in [-0.39, 0.29) is 11.3 Å². The average molecular weight is 491 g/mol. The monoisotopic (exact) mass is 490 g/mol. The van der Waals surface area contributed by atoms with Gasteiger partial charge in [-0.15, -0.1) is 11.6 Å². The van der Waals surface area contributed by atoms with Crippen molar-refractivity contribution in [3.05, 3.63) is 65.7 Å². The summed E-state index contributed by atoms with van der Waals surface area (Å²) in [5, 5.41) is 6.03. The van der Waals surface area contributed by atoms with Gasteiger partial charge in [-0.3, -0.25) is 14.6 Å². The van der Waals surface area contributed by atoms with Crippen molar-refractivity contribution in [1.29, 1.82) is 0 Å². The topological polar surface area (TPSA) is 74.3 Å². The quantitative estimate of drug-likeness (QED) is 0.454. The van der Waals surface area contributed by atoms with Crippen molar-refractivity contribution < 1.29 is 9.59 Å². The maximum atomic E-state index is 10.9. The second-order valence-corrected chi connectivity index (χ2v) is 10.0. The number of hydrogen-bond acceptors (Lipinski definition) is 4. The second kappa shape index (κ2) is 17.1. The van der Waals surface area contributed by atoms with Crippen molar-refractivity contribution in [2.45, 2.75) is 52.8 Å². The van der Waals surface area contributed by atoms with E-state index >= 15 is 0 Å². The lowest BCUT2D eigenvalue weighted by Gasteiger charge is -2.23. The molecule has 1 aliphatic carbocycles. The molecule has 1 saturated heterocycles. The van der Waals surface area contributed by atoms with Crippen LogP contribution in [0.2, 0.25) is 0 Å². The van der Waals surface area contributed by atoms with Gasteiger partial charge in [0.05, 0.1) is 5.38 Å². The number of rotatable bonds is 5. The fourth-order valence-corrected chi connectivity index (χ4v) is 3.36. The van der Waals surface area contributed by atoms with E-state index in [0.29, 0.717) is 17.7 Å². The number of carbonyl (C=O) groups is 2. The number of alkyl halides is 1. The minimum atomic E-state index is -0.218. The van der Waals surface area contributed by atoms with Crippen molar-refractivity contribution in [3.8, 4) is 0 Å². The molecule has 1 aliphatic heterocycles. The molecular formula is C27H43ClN4O2. The molecule has 0 saturated carbocycles. The minimum Gasteiger partial charge on any atom is -0.351 e. The third-order valence-corrected chi connectivity index (χ3v) is 4.65. The lowest BCUT2D eigenvalue weighted by Crippen LogP contribution is -2.22. The standard InChI is InChI=1S/C17H18ClN3O.C5H12.C3H7NO.C2H6/c18-13-2-1-3-14(17(8-13)21-11-22)16-10-20-9-15(16)12-4-6-19-7-5-12;1-5(2,3)4;1-4(2)3-5;1-2/h1-8,11,13,15-16,20H,9-10H2,(H,21,22);1-4H3;3H,1-2H3;1-2H3. The molecule has 190 valence electrons. The van der Waals surface area contributed by atoms with Gasteiger partial charge in [-0.25, -0.2) is 0 Å². The van der Waals surface area contributed by atoms with Crippen molar-refractivity contribution >= 4 is 24.4 Å². The SMILES string of the molecule is CC.CC(C)(C)C.CN(C)C=O.O=CNC1=CC(Cl)C=CC=C1C1CNCC1c1ccncc1. The van der Waals surface area contributed by atoms with Crippen molar-refractivity contribution in [1.82, 2.24) is 20.5 Å². The Morgan fingerprint density at radius 3 is 2.12 bits per heavy atom. The smallest absolute Gasteiger partial charge is 0.211 e. The molecule has 0 aromatic carbocycles. The molecule has 34 heavy (non-hydrogen) atoms. The van der Waals surface area contributed by atoms with Gasteiger partial charge in [0.15, 0.2) is 0 Å². The van der Waals surface area contributed by atoms with E-state index in [1.54, 1.807) is 14.1 Å². The van der Waals surface area contributed by atoms with Gasteiger partial charge >= 0.3 is 0 Å². The number of nitrogens with one attached hydrogen (secondary N) is 2. The molecular weight excluding hydrogens is 448 g/mol. The van der Waals surface area contributed by atoms with Crippen LogP contribution in [-0.2, 0) is 9.59 Å². The van der Waals surface area contributed by atoms with Crippen LogP contribution in [0, 0.1) is 11.3 Å². The molecule has 3 atom stereocenters. The summed E-state index contributed by atoms with van der Waals surface area (Å²) in [5.74, 6) is 0.638. The zero-order valence-electron chi connectivity index (χ0n) is 22.0. The Morgan fingerprint density at radius 2 is 1.62 bits per heavy atom. The first-order valence-corrected chi connectivity index (χ1v) is 12.2. The predicted octanol–water partition coefficient (Wildman–Crippen LogP) is 4.90. The normalized spacial score (nSPS) is 20.9. The first kappa shape index (κ1) is 31.6. The first-order valence-electron chi connectivity index (χ1n) is 11.7. The van der Waals surface area contributed by atoms with Gasteiger partial charge < -0.3 is 15.5 Å². The molecule has 1 fully saturated rings. The van der Waals surface area contributed by atoms with E-state index < -0.39 is 0 Å². The van der Waals surface area contributed by atoms with Gasteiger partial charge in [-0.05, 0) is 34.8 Å². The van der Waals surface area contributed by atoms with Crippen molar-refractivity contribution in [3.63, 3.8) is 0 Å². The molecule has 3 rings (SSSR count). The molecule has 2 heterocycles. The average Bonchev–Trinajstić information content (AvgIpc) is 3.20. The lowest BCUT2D eigenvalue weighted by molar-refractivity contribution is -0.116. The third kappa shape index (κ3) is 13.3. The van der Waals surface area contributed by atoms with Gasteiger partial charge in [-0.2, -0.15) is 0 Å². The van der Waals surface area contributed by atoms with Gasteiger partial charge in [0, 0.05) is 57.1 Å².